The van der Waals surface area contributed by atoms with Crippen molar-refractivity contribution < 1.29 is 9.53 Å². The number of hydrogen-bond acceptors (Lipinski definition) is 3. The number of halogens is 1. The zero-order valence-corrected chi connectivity index (χ0v) is 12.2. The minimum Gasteiger partial charge on any atom is -0.491 e. The van der Waals surface area contributed by atoms with E-state index >= 15 is 0 Å². The topological polar surface area (TPSA) is 64.4 Å². The number of ether oxygens (including phenoxy) is 1. The largest absolute Gasteiger partial charge is 0.491 e. The summed E-state index contributed by atoms with van der Waals surface area (Å²) in [7, 11) is 0. The van der Waals surface area contributed by atoms with Crippen molar-refractivity contribution in [2.24, 2.45) is 11.7 Å². The van der Waals surface area contributed by atoms with Crippen molar-refractivity contribution in [2.75, 3.05) is 6.61 Å². The summed E-state index contributed by atoms with van der Waals surface area (Å²) in [6, 6.07) is 8.04. The Kier molecular flexibility index (Phi) is 4.89. The van der Waals surface area contributed by atoms with Crippen LogP contribution in [-0.2, 0) is 4.79 Å². The number of carbonyl (C=O) groups excluding carboxylic acids is 1. The van der Waals surface area contributed by atoms with E-state index in [-0.39, 0.29) is 30.4 Å². The second-order valence-corrected chi connectivity index (χ2v) is 5.53. The first-order valence-corrected chi connectivity index (χ1v) is 7.00. The van der Waals surface area contributed by atoms with Crippen LogP contribution in [-0.4, -0.2) is 18.6 Å². The first-order valence-electron chi connectivity index (χ1n) is 7.00. The summed E-state index contributed by atoms with van der Waals surface area (Å²) in [5.41, 5.74) is 7.08. The van der Waals surface area contributed by atoms with Gasteiger partial charge in [0.05, 0.1) is 6.04 Å². The Morgan fingerprint density at radius 2 is 2.15 bits per heavy atom. The lowest BCUT2D eigenvalue weighted by Gasteiger charge is -2.17. The van der Waals surface area contributed by atoms with E-state index in [0.29, 0.717) is 18.9 Å². The number of nitrogens with one attached hydrogen (secondary N) is 1. The van der Waals surface area contributed by atoms with Gasteiger partial charge >= 0.3 is 0 Å². The maximum atomic E-state index is 12.1. The van der Waals surface area contributed by atoms with E-state index in [1.807, 2.05) is 24.3 Å². The van der Waals surface area contributed by atoms with Gasteiger partial charge in [-0.05, 0) is 24.8 Å². The summed E-state index contributed by atoms with van der Waals surface area (Å²) in [4.78, 5) is 12.1. The monoisotopic (exact) mass is 296 g/mol. The van der Waals surface area contributed by atoms with Crippen LogP contribution in [0.4, 0.5) is 0 Å². The molecule has 2 aliphatic rings. The van der Waals surface area contributed by atoms with Crippen molar-refractivity contribution >= 4 is 18.3 Å². The van der Waals surface area contributed by atoms with Gasteiger partial charge in [-0.3, -0.25) is 4.79 Å². The third kappa shape index (κ3) is 3.07. The average molecular weight is 297 g/mol. The molecule has 1 amide bonds. The number of para-hydroxylation sites is 1. The number of nitrogens with two attached hydrogens (primary N) is 1. The van der Waals surface area contributed by atoms with Crippen LogP contribution < -0.4 is 15.8 Å². The van der Waals surface area contributed by atoms with E-state index in [4.69, 9.17) is 10.5 Å². The van der Waals surface area contributed by atoms with Crippen LogP contribution in [0, 0.1) is 5.92 Å². The molecule has 0 radical (unpaired) electrons. The lowest BCUT2D eigenvalue weighted by molar-refractivity contribution is -0.122. The summed E-state index contributed by atoms with van der Waals surface area (Å²) in [5, 5.41) is 3.06. The number of fused-ring (bicyclic) bond motifs is 1. The molecule has 1 fully saturated rings. The molecule has 0 spiro atoms. The van der Waals surface area contributed by atoms with Crippen molar-refractivity contribution in [1.82, 2.24) is 5.32 Å². The van der Waals surface area contributed by atoms with Crippen molar-refractivity contribution in [1.29, 1.82) is 0 Å². The fraction of sp³-hybridized carbons (Fsp3) is 0.533. The van der Waals surface area contributed by atoms with E-state index in [1.165, 1.54) is 0 Å². The van der Waals surface area contributed by atoms with Crippen LogP contribution >= 0.6 is 12.4 Å². The Balaban J connectivity index is 0.00000147. The average Bonchev–Trinajstić information content (AvgIpc) is 2.98. The molecule has 1 aromatic carbocycles. The summed E-state index contributed by atoms with van der Waals surface area (Å²) in [6.07, 6.45) is 3.81. The van der Waals surface area contributed by atoms with E-state index in [9.17, 15) is 4.79 Å². The molecule has 5 heteroatoms. The molecular formula is C15H21ClN2O2. The highest BCUT2D eigenvalue weighted by atomic mass is 35.5. The van der Waals surface area contributed by atoms with Gasteiger partial charge in [0, 0.05) is 18.0 Å². The van der Waals surface area contributed by atoms with Crippen LogP contribution in [0.5, 0.6) is 5.75 Å². The number of benzene rings is 1. The molecule has 1 aliphatic carbocycles. The third-order valence-electron chi connectivity index (χ3n) is 4.20. The van der Waals surface area contributed by atoms with Gasteiger partial charge < -0.3 is 15.8 Å². The van der Waals surface area contributed by atoms with E-state index in [1.54, 1.807) is 0 Å². The van der Waals surface area contributed by atoms with Crippen LogP contribution in [0.3, 0.4) is 0 Å². The molecule has 1 saturated carbocycles. The normalized spacial score (nSPS) is 27.4. The Hall–Kier alpha value is -1.26. The molecule has 0 saturated heterocycles. The zero-order valence-electron chi connectivity index (χ0n) is 11.4. The maximum absolute atomic E-state index is 12.1. The predicted molar refractivity (Wildman–Crippen MR) is 80.0 cm³/mol. The second kappa shape index (κ2) is 6.46. The SMILES string of the molecule is Cl.N[C@@H]1CCC[C@H]1CC(=O)NC1COc2ccccc21. The molecule has 1 aromatic rings. The molecule has 4 nitrogen and oxygen atoms in total. The molecule has 20 heavy (non-hydrogen) atoms. The molecular weight excluding hydrogens is 276 g/mol. The van der Waals surface area contributed by atoms with Crippen LogP contribution in [0.1, 0.15) is 37.3 Å². The molecule has 0 aromatic heterocycles. The standard InChI is InChI=1S/C15H20N2O2.ClH/c16-12-6-3-4-10(12)8-15(18)17-13-9-19-14-7-2-1-5-11(13)14;/h1-2,5,7,10,12-13H,3-4,6,8-9,16H2,(H,17,18);1H/t10-,12+,13?;/m0./s1. The lowest BCUT2D eigenvalue weighted by atomic mass is 9.99. The molecule has 1 aliphatic heterocycles. The van der Waals surface area contributed by atoms with Crippen LogP contribution in [0.15, 0.2) is 24.3 Å². The van der Waals surface area contributed by atoms with Crippen molar-refractivity contribution in [3.05, 3.63) is 29.8 Å². The van der Waals surface area contributed by atoms with Gasteiger partial charge in [0.1, 0.15) is 12.4 Å². The molecule has 1 unspecified atom stereocenters. The van der Waals surface area contributed by atoms with Gasteiger partial charge in [-0.15, -0.1) is 12.4 Å². The minimum atomic E-state index is -0.0127. The van der Waals surface area contributed by atoms with Gasteiger partial charge in [0.15, 0.2) is 0 Å². The molecule has 3 N–H and O–H groups in total. The van der Waals surface area contributed by atoms with E-state index in [0.717, 1.165) is 30.6 Å². The van der Waals surface area contributed by atoms with E-state index in [2.05, 4.69) is 5.32 Å². The van der Waals surface area contributed by atoms with Crippen molar-refractivity contribution in [3.8, 4) is 5.75 Å². The number of rotatable bonds is 3. The fourth-order valence-electron chi connectivity index (χ4n) is 3.09. The Morgan fingerprint density at radius 3 is 2.90 bits per heavy atom. The van der Waals surface area contributed by atoms with Crippen molar-refractivity contribution in [2.45, 2.75) is 37.8 Å². The van der Waals surface area contributed by atoms with Gasteiger partial charge in [0.2, 0.25) is 5.91 Å². The maximum Gasteiger partial charge on any atom is 0.220 e. The summed E-state index contributed by atoms with van der Waals surface area (Å²) in [6.45, 7) is 0.530. The minimum absolute atomic E-state index is 0. The van der Waals surface area contributed by atoms with Gasteiger partial charge in [0.25, 0.3) is 0 Å². The fourth-order valence-corrected chi connectivity index (χ4v) is 3.09. The summed E-state index contributed by atoms with van der Waals surface area (Å²) in [5.74, 6) is 1.32. The van der Waals surface area contributed by atoms with Gasteiger partial charge in [-0.25, -0.2) is 0 Å². The molecule has 3 rings (SSSR count). The first kappa shape index (κ1) is 15.1. The first-order chi connectivity index (χ1) is 9.24. The quantitative estimate of drug-likeness (QED) is 0.898. The molecule has 1 heterocycles. The zero-order chi connectivity index (χ0) is 13.2. The van der Waals surface area contributed by atoms with E-state index < -0.39 is 0 Å². The van der Waals surface area contributed by atoms with Gasteiger partial charge in [-0.2, -0.15) is 0 Å². The number of carbonyl (C=O) groups is 1. The predicted octanol–water partition coefficient (Wildman–Crippen LogP) is 2.18. The van der Waals surface area contributed by atoms with Crippen LogP contribution in [0.25, 0.3) is 0 Å². The number of hydrogen-bond donors (Lipinski definition) is 2. The van der Waals surface area contributed by atoms with Crippen LogP contribution in [0.2, 0.25) is 0 Å². The Bertz CT molecular complexity index is 481. The third-order valence-corrected chi connectivity index (χ3v) is 4.20. The van der Waals surface area contributed by atoms with Gasteiger partial charge in [-0.1, -0.05) is 24.6 Å². The molecule has 3 atom stereocenters. The smallest absolute Gasteiger partial charge is 0.220 e. The number of amides is 1. The highest BCUT2D eigenvalue weighted by molar-refractivity contribution is 5.85. The molecule has 0 bridgehead atoms. The van der Waals surface area contributed by atoms with Crippen molar-refractivity contribution in [3.63, 3.8) is 0 Å². The Morgan fingerprint density at radius 1 is 1.35 bits per heavy atom. The Labute approximate surface area is 125 Å². The summed E-state index contributed by atoms with van der Waals surface area (Å²) < 4.78 is 5.56. The second-order valence-electron chi connectivity index (χ2n) is 5.53. The molecule has 110 valence electrons. The lowest BCUT2D eigenvalue weighted by Crippen LogP contribution is -2.34. The highest BCUT2D eigenvalue weighted by Crippen LogP contribution is 2.32. The highest BCUT2D eigenvalue weighted by Gasteiger charge is 2.29. The summed E-state index contributed by atoms with van der Waals surface area (Å²) >= 11 is 0.